The second kappa shape index (κ2) is 6.47. The van der Waals surface area contributed by atoms with E-state index >= 15 is 0 Å². The molecule has 3 heteroatoms. The largest absolute Gasteiger partial charge is 0.316 e. The predicted octanol–water partition coefficient (Wildman–Crippen LogP) is 3.92. The predicted molar refractivity (Wildman–Crippen MR) is 74.0 cm³/mol. The SMILES string of the molecule is CNC(Cc1c(F)cccc1F)C1CCCC(C)C1. The van der Waals surface area contributed by atoms with Crippen LogP contribution < -0.4 is 5.32 Å². The highest BCUT2D eigenvalue weighted by atomic mass is 19.1. The van der Waals surface area contributed by atoms with E-state index in [9.17, 15) is 8.78 Å². The molecule has 1 saturated carbocycles. The molecular weight excluding hydrogens is 244 g/mol. The standard InChI is InChI=1S/C16H23F2N/c1-11-5-3-6-12(9-11)16(19-2)10-13-14(17)7-4-8-15(13)18/h4,7-8,11-12,16,19H,3,5-6,9-10H2,1-2H3. The van der Waals surface area contributed by atoms with E-state index in [4.69, 9.17) is 0 Å². The lowest BCUT2D eigenvalue weighted by Gasteiger charge is -2.33. The van der Waals surface area contributed by atoms with E-state index in [1.54, 1.807) is 0 Å². The average molecular weight is 267 g/mol. The molecule has 0 heterocycles. The van der Waals surface area contributed by atoms with Crippen LogP contribution in [0.1, 0.15) is 38.2 Å². The summed E-state index contributed by atoms with van der Waals surface area (Å²) in [5, 5.41) is 3.26. The third-order valence-electron chi connectivity index (χ3n) is 4.40. The molecule has 1 aromatic carbocycles. The Morgan fingerprint density at radius 2 is 1.95 bits per heavy atom. The maximum atomic E-state index is 13.7. The number of rotatable bonds is 4. The summed E-state index contributed by atoms with van der Waals surface area (Å²) in [6, 6.07) is 4.27. The van der Waals surface area contributed by atoms with Gasteiger partial charge in [-0.15, -0.1) is 0 Å². The van der Waals surface area contributed by atoms with Gasteiger partial charge in [0.05, 0.1) is 0 Å². The van der Waals surface area contributed by atoms with Crippen molar-refractivity contribution in [3.8, 4) is 0 Å². The van der Waals surface area contributed by atoms with Crippen molar-refractivity contribution in [3.63, 3.8) is 0 Å². The van der Waals surface area contributed by atoms with Crippen LogP contribution in [0.3, 0.4) is 0 Å². The zero-order valence-electron chi connectivity index (χ0n) is 11.8. The first-order valence-electron chi connectivity index (χ1n) is 7.22. The maximum absolute atomic E-state index is 13.7. The first-order chi connectivity index (χ1) is 9.11. The Bertz CT molecular complexity index is 399. The number of halogens is 2. The molecule has 1 aliphatic carbocycles. The molecule has 0 aromatic heterocycles. The van der Waals surface area contributed by atoms with Crippen molar-refractivity contribution in [1.29, 1.82) is 0 Å². The molecule has 2 rings (SSSR count). The lowest BCUT2D eigenvalue weighted by molar-refractivity contribution is 0.225. The summed E-state index contributed by atoms with van der Waals surface area (Å²) in [5.74, 6) is 0.390. The van der Waals surface area contributed by atoms with Gasteiger partial charge in [0, 0.05) is 11.6 Å². The van der Waals surface area contributed by atoms with Gasteiger partial charge >= 0.3 is 0 Å². The van der Waals surface area contributed by atoms with Crippen molar-refractivity contribution in [1.82, 2.24) is 5.32 Å². The smallest absolute Gasteiger partial charge is 0.129 e. The van der Waals surface area contributed by atoms with Gasteiger partial charge in [-0.25, -0.2) is 8.78 Å². The molecule has 1 aromatic rings. The molecule has 1 N–H and O–H groups in total. The van der Waals surface area contributed by atoms with Gasteiger partial charge in [-0.2, -0.15) is 0 Å². The first kappa shape index (κ1) is 14.4. The Morgan fingerprint density at radius 3 is 2.53 bits per heavy atom. The molecule has 106 valence electrons. The highest BCUT2D eigenvalue weighted by Crippen LogP contribution is 2.32. The molecule has 3 unspecified atom stereocenters. The molecular formula is C16H23F2N. The van der Waals surface area contributed by atoms with Crippen LogP contribution in [0.15, 0.2) is 18.2 Å². The quantitative estimate of drug-likeness (QED) is 0.871. The van der Waals surface area contributed by atoms with Gasteiger partial charge in [0.25, 0.3) is 0 Å². The molecule has 19 heavy (non-hydrogen) atoms. The fourth-order valence-corrected chi connectivity index (χ4v) is 3.30. The van der Waals surface area contributed by atoms with Gasteiger partial charge in [-0.05, 0) is 50.3 Å². The Labute approximate surface area is 114 Å². The topological polar surface area (TPSA) is 12.0 Å². The van der Waals surface area contributed by atoms with E-state index in [1.807, 2.05) is 7.05 Å². The normalized spacial score (nSPS) is 25.3. The average Bonchev–Trinajstić information content (AvgIpc) is 2.38. The van der Waals surface area contributed by atoms with Crippen molar-refractivity contribution >= 4 is 0 Å². The number of hydrogen-bond acceptors (Lipinski definition) is 1. The van der Waals surface area contributed by atoms with E-state index in [1.165, 1.54) is 31.0 Å². The number of hydrogen-bond donors (Lipinski definition) is 1. The molecule has 0 spiro atoms. The van der Waals surface area contributed by atoms with Crippen molar-refractivity contribution in [2.75, 3.05) is 7.05 Å². The second-order valence-electron chi connectivity index (χ2n) is 5.83. The molecule has 0 amide bonds. The van der Waals surface area contributed by atoms with Gasteiger partial charge in [-0.1, -0.05) is 25.8 Å². The van der Waals surface area contributed by atoms with Crippen molar-refractivity contribution in [2.45, 2.75) is 45.1 Å². The Morgan fingerprint density at radius 1 is 1.26 bits per heavy atom. The molecule has 0 bridgehead atoms. The molecule has 1 aliphatic rings. The minimum atomic E-state index is -0.427. The van der Waals surface area contributed by atoms with E-state index in [2.05, 4.69) is 12.2 Å². The molecule has 3 atom stereocenters. The second-order valence-corrected chi connectivity index (χ2v) is 5.83. The highest BCUT2D eigenvalue weighted by molar-refractivity contribution is 5.21. The van der Waals surface area contributed by atoms with Crippen LogP contribution >= 0.6 is 0 Å². The fourth-order valence-electron chi connectivity index (χ4n) is 3.30. The van der Waals surface area contributed by atoms with Gasteiger partial charge in [0.15, 0.2) is 0 Å². The Balaban J connectivity index is 2.10. The van der Waals surface area contributed by atoms with Crippen LogP contribution in [0.5, 0.6) is 0 Å². The lowest BCUT2D eigenvalue weighted by atomic mass is 9.77. The number of benzene rings is 1. The summed E-state index contributed by atoms with van der Waals surface area (Å²) in [5.41, 5.74) is 0.222. The van der Waals surface area contributed by atoms with Crippen LogP contribution in [-0.4, -0.2) is 13.1 Å². The van der Waals surface area contributed by atoms with Crippen LogP contribution in [0.4, 0.5) is 8.78 Å². The number of likely N-dealkylation sites (N-methyl/N-ethyl adjacent to an activating group) is 1. The molecule has 0 aliphatic heterocycles. The zero-order chi connectivity index (χ0) is 13.8. The minimum absolute atomic E-state index is 0.161. The maximum Gasteiger partial charge on any atom is 0.129 e. The van der Waals surface area contributed by atoms with Crippen molar-refractivity contribution in [3.05, 3.63) is 35.4 Å². The third-order valence-corrected chi connectivity index (χ3v) is 4.40. The van der Waals surface area contributed by atoms with Crippen molar-refractivity contribution in [2.24, 2.45) is 11.8 Å². The van der Waals surface area contributed by atoms with Crippen LogP contribution in [0.25, 0.3) is 0 Å². The first-order valence-corrected chi connectivity index (χ1v) is 7.22. The lowest BCUT2D eigenvalue weighted by Crippen LogP contribution is -2.38. The summed E-state index contributed by atoms with van der Waals surface area (Å²) in [4.78, 5) is 0. The third kappa shape index (κ3) is 3.53. The molecule has 1 fully saturated rings. The van der Waals surface area contributed by atoms with Gasteiger partial charge in [-0.3, -0.25) is 0 Å². The van der Waals surface area contributed by atoms with Crippen molar-refractivity contribution < 1.29 is 8.78 Å². The van der Waals surface area contributed by atoms with E-state index in [0.29, 0.717) is 12.3 Å². The van der Waals surface area contributed by atoms with Gasteiger partial charge < -0.3 is 5.32 Å². The van der Waals surface area contributed by atoms with Crippen LogP contribution in [-0.2, 0) is 6.42 Å². The molecule has 0 saturated heterocycles. The van der Waals surface area contributed by atoms with E-state index < -0.39 is 11.6 Å². The van der Waals surface area contributed by atoms with Crippen LogP contribution in [0, 0.1) is 23.5 Å². The molecule has 1 nitrogen and oxygen atoms in total. The fraction of sp³-hybridized carbons (Fsp3) is 0.625. The summed E-state index contributed by atoms with van der Waals surface area (Å²) in [6.45, 7) is 2.27. The van der Waals surface area contributed by atoms with Gasteiger partial charge in [0.2, 0.25) is 0 Å². The summed E-state index contributed by atoms with van der Waals surface area (Å²) in [6.07, 6.45) is 5.25. The minimum Gasteiger partial charge on any atom is -0.316 e. The van der Waals surface area contributed by atoms with E-state index in [-0.39, 0.29) is 11.6 Å². The van der Waals surface area contributed by atoms with Crippen LogP contribution in [0.2, 0.25) is 0 Å². The monoisotopic (exact) mass is 267 g/mol. The van der Waals surface area contributed by atoms with Gasteiger partial charge in [0.1, 0.15) is 11.6 Å². The highest BCUT2D eigenvalue weighted by Gasteiger charge is 2.27. The summed E-state index contributed by atoms with van der Waals surface area (Å²) < 4.78 is 27.4. The zero-order valence-corrected chi connectivity index (χ0v) is 11.8. The molecule has 0 radical (unpaired) electrons. The Kier molecular flexibility index (Phi) is 4.92. The summed E-state index contributed by atoms with van der Waals surface area (Å²) in [7, 11) is 1.89. The Hall–Kier alpha value is -0.960. The van der Waals surface area contributed by atoms with E-state index in [0.717, 1.165) is 18.8 Å². The summed E-state index contributed by atoms with van der Waals surface area (Å²) >= 11 is 0. The number of nitrogens with one attached hydrogen (secondary N) is 1.